The Morgan fingerprint density at radius 3 is 2.63 bits per heavy atom. The van der Waals surface area contributed by atoms with Crippen LogP contribution in [0.5, 0.6) is 0 Å². The maximum Gasteiger partial charge on any atom is 0.336 e. The van der Waals surface area contributed by atoms with Crippen molar-refractivity contribution in [1.82, 2.24) is 9.80 Å². The molecule has 5 nitrogen and oxygen atoms in total. The van der Waals surface area contributed by atoms with Crippen LogP contribution in [0.25, 0.3) is 17.0 Å². The molecule has 1 N–H and O–H groups in total. The van der Waals surface area contributed by atoms with E-state index in [0.717, 1.165) is 49.4 Å². The van der Waals surface area contributed by atoms with Crippen LogP contribution >= 0.6 is 12.2 Å². The Morgan fingerprint density at radius 1 is 1.10 bits per heavy atom. The smallest absolute Gasteiger partial charge is 0.336 e. The monoisotopic (exact) mass is 419 g/mol. The molecular weight excluding hydrogens is 394 g/mol. The molecule has 2 aromatic carbocycles. The molecule has 1 aliphatic heterocycles. The van der Waals surface area contributed by atoms with Crippen molar-refractivity contribution in [3.63, 3.8) is 0 Å². The summed E-state index contributed by atoms with van der Waals surface area (Å²) >= 11 is 5.61. The number of nitrogens with zero attached hydrogens (tertiary/aromatic N) is 2. The molecule has 4 rings (SSSR count). The van der Waals surface area contributed by atoms with Crippen LogP contribution in [0, 0.1) is 6.92 Å². The first-order valence-corrected chi connectivity index (χ1v) is 10.5. The molecule has 0 radical (unpaired) electrons. The van der Waals surface area contributed by atoms with Crippen LogP contribution < -0.4 is 10.9 Å². The van der Waals surface area contributed by atoms with Gasteiger partial charge in [0.15, 0.2) is 5.11 Å². The minimum Gasteiger partial charge on any atom is -0.423 e. The van der Waals surface area contributed by atoms with Gasteiger partial charge in [-0.3, -0.25) is 4.90 Å². The number of piperazine rings is 1. The van der Waals surface area contributed by atoms with Gasteiger partial charge in [0.05, 0.1) is 0 Å². The van der Waals surface area contributed by atoms with E-state index in [1.165, 1.54) is 11.6 Å². The lowest BCUT2D eigenvalue weighted by Gasteiger charge is -2.35. The van der Waals surface area contributed by atoms with Gasteiger partial charge in [-0.15, -0.1) is 0 Å². The van der Waals surface area contributed by atoms with Crippen LogP contribution in [-0.4, -0.2) is 47.6 Å². The standard InChI is InChI=1S/C24H25N3O2S/c1-18-16-23(28)29-22-17-20(9-10-21(18)22)25-24(30)27-14-12-26(13-15-27)11-5-8-19-6-3-2-4-7-19/h2-10,16-17H,11-15H2,1H3,(H,25,30). The summed E-state index contributed by atoms with van der Waals surface area (Å²) in [6, 6.07) is 17.6. The number of fused-ring (bicyclic) bond motifs is 1. The first-order chi connectivity index (χ1) is 14.6. The molecule has 1 fully saturated rings. The fourth-order valence-corrected chi connectivity index (χ4v) is 3.94. The third-order valence-electron chi connectivity index (χ3n) is 5.34. The van der Waals surface area contributed by atoms with Gasteiger partial charge in [-0.2, -0.15) is 0 Å². The largest absolute Gasteiger partial charge is 0.423 e. The highest BCUT2D eigenvalue weighted by Crippen LogP contribution is 2.21. The van der Waals surface area contributed by atoms with Gasteiger partial charge in [-0.25, -0.2) is 4.79 Å². The number of nitrogens with one attached hydrogen (secondary N) is 1. The number of thiocarbonyl (C=S) groups is 1. The highest BCUT2D eigenvalue weighted by atomic mass is 32.1. The zero-order valence-electron chi connectivity index (χ0n) is 17.0. The van der Waals surface area contributed by atoms with Crippen LogP contribution in [0.15, 0.2) is 69.9 Å². The predicted octanol–water partition coefficient (Wildman–Crippen LogP) is 4.13. The van der Waals surface area contributed by atoms with E-state index in [2.05, 4.69) is 51.5 Å². The predicted molar refractivity (Wildman–Crippen MR) is 127 cm³/mol. The summed E-state index contributed by atoms with van der Waals surface area (Å²) in [6.45, 7) is 6.54. The van der Waals surface area contributed by atoms with E-state index in [1.54, 1.807) is 0 Å². The summed E-state index contributed by atoms with van der Waals surface area (Å²) in [4.78, 5) is 16.2. The van der Waals surface area contributed by atoms with Crippen molar-refractivity contribution < 1.29 is 4.42 Å². The van der Waals surface area contributed by atoms with Gasteiger partial charge in [-0.1, -0.05) is 42.5 Å². The highest BCUT2D eigenvalue weighted by molar-refractivity contribution is 7.80. The molecule has 0 spiro atoms. The molecule has 6 heteroatoms. The Kier molecular flexibility index (Phi) is 6.26. The van der Waals surface area contributed by atoms with Crippen molar-refractivity contribution in [3.05, 3.63) is 82.2 Å². The summed E-state index contributed by atoms with van der Waals surface area (Å²) in [6.07, 6.45) is 4.38. The summed E-state index contributed by atoms with van der Waals surface area (Å²) in [7, 11) is 0. The average Bonchev–Trinajstić information content (AvgIpc) is 2.74. The van der Waals surface area contributed by atoms with E-state index in [9.17, 15) is 4.79 Å². The van der Waals surface area contributed by atoms with Gasteiger partial charge < -0.3 is 14.6 Å². The third kappa shape index (κ3) is 4.96. The average molecular weight is 420 g/mol. The van der Waals surface area contributed by atoms with Gasteiger partial charge in [0.1, 0.15) is 5.58 Å². The Balaban J connectivity index is 1.31. The molecule has 1 aromatic heterocycles. The quantitative estimate of drug-likeness (QED) is 0.507. The maximum absolute atomic E-state index is 11.6. The van der Waals surface area contributed by atoms with E-state index in [4.69, 9.17) is 16.6 Å². The van der Waals surface area contributed by atoms with E-state index in [0.29, 0.717) is 10.7 Å². The second kappa shape index (κ2) is 9.24. The van der Waals surface area contributed by atoms with Crippen molar-refractivity contribution in [3.8, 4) is 0 Å². The number of benzene rings is 2. The molecule has 154 valence electrons. The van der Waals surface area contributed by atoms with Gasteiger partial charge in [-0.05, 0) is 42.4 Å². The van der Waals surface area contributed by atoms with Crippen molar-refractivity contribution in [2.24, 2.45) is 0 Å². The maximum atomic E-state index is 11.6. The fraction of sp³-hybridized carbons (Fsp3) is 0.250. The normalized spacial score (nSPS) is 15.0. The van der Waals surface area contributed by atoms with Crippen LogP contribution in [-0.2, 0) is 0 Å². The minimum absolute atomic E-state index is 0.336. The molecule has 2 heterocycles. The first-order valence-electron chi connectivity index (χ1n) is 10.1. The highest BCUT2D eigenvalue weighted by Gasteiger charge is 2.18. The molecule has 1 aliphatic rings. The third-order valence-corrected chi connectivity index (χ3v) is 5.70. The summed E-state index contributed by atoms with van der Waals surface area (Å²) in [5.74, 6) is 0. The molecule has 3 aromatic rings. The Hall–Kier alpha value is -2.96. The second-order valence-electron chi connectivity index (χ2n) is 7.49. The zero-order chi connectivity index (χ0) is 20.9. The molecule has 1 saturated heterocycles. The Labute approximate surface area is 181 Å². The number of hydrogen-bond acceptors (Lipinski definition) is 4. The molecule has 0 unspecified atom stereocenters. The number of hydrogen-bond donors (Lipinski definition) is 1. The van der Waals surface area contributed by atoms with Gasteiger partial charge in [0.2, 0.25) is 0 Å². The molecule has 0 saturated carbocycles. The molecule has 0 amide bonds. The van der Waals surface area contributed by atoms with Gasteiger partial charge in [0.25, 0.3) is 0 Å². The van der Waals surface area contributed by atoms with E-state index in [-0.39, 0.29) is 5.63 Å². The Bertz CT molecular complexity index is 1120. The molecule has 0 aliphatic carbocycles. The van der Waals surface area contributed by atoms with Crippen LogP contribution in [0.1, 0.15) is 11.1 Å². The summed E-state index contributed by atoms with van der Waals surface area (Å²) < 4.78 is 5.33. The van der Waals surface area contributed by atoms with E-state index in [1.807, 2.05) is 31.2 Å². The van der Waals surface area contributed by atoms with Gasteiger partial charge >= 0.3 is 5.63 Å². The molecule has 0 atom stereocenters. The van der Waals surface area contributed by atoms with E-state index >= 15 is 0 Å². The van der Waals surface area contributed by atoms with E-state index < -0.39 is 0 Å². The fourth-order valence-electron chi connectivity index (χ4n) is 3.64. The van der Waals surface area contributed by atoms with Gasteiger partial charge in [0, 0.05) is 55.9 Å². The van der Waals surface area contributed by atoms with Crippen molar-refractivity contribution in [2.75, 3.05) is 38.0 Å². The number of rotatable bonds is 4. The minimum atomic E-state index is -0.336. The molecule has 0 bridgehead atoms. The molecular formula is C24H25N3O2S. The van der Waals surface area contributed by atoms with Crippen LogP contribution in [0.2, 0.25) is 0 Å². The lowest BCUT2D eigenvalue weighted by molar-refractivity contribution is 0.200. The molecule has 30 heavy (non-hydrogen) atoms. The Morgan fingerprint density at radius 2 is 1.87 bits per heavy atom. The summed E-state index contributed by atoms with van der Waals surface area (Å²) in [5, 5.41) is 4.92. The van der Waals surface area contributed by atoms with Crippen molar-refractivity contribution in [1.29, 1.82) is 0 Å². The topological polar surface area (TPSA) is 48.7 Å². The summed E-state index contributed by atoms with van der Waals surface area (Å²) in [5.41, 5.74) is 3.20. The lowest BCUT2D eigenvalue weighted by Crippen LogP contribution is -2.49. The SMILES string of the molecule is Cc1cc(=O)oc2cc(NC(=S)N3CCN(CC=Cc4ccccc4)CC3)ccc12. The zero-order valence-corrected chi connectivity index (χ0v) is 17.8. The van der Waals surface area contributed by atoms with Crippen LogP contribution in [0.3, 0.4) is 0 Å². The van der Waals surface area contributed by atoms with Crippen molar-refractivity contribution in [2.45, 2.75) is 6.92 Å². The van der Waals surface area contributed by atoms with Crippen LogP contribution in [0.4, 0.5) is 5.69 Å². The lowest BCUT2D eigenvalue weighted by atomic mass is 10.1. The first kappa shape index (κ1) is 20.3. The number of anilines is 1. The number of aryl methyl sites for hydroxylation is 1. The van der Waals surface area contributed by atoms with Crippen molar-refractivity contribution >= 4 is 40.1 Å². The second-order valence-corrected chi connectivity index (χ2v) is 7.88.